The molecule has 3 nitrogen and oxygen atoms in total. The van der Waals surface area contributed by atoms with Crippen molar-refractivity contribution in [3.8, 4) is 0 Å². The monoisotopic (exact) mass is 305 g/mol. The maximum atomic E-state index is 12.0. The van der Waals surface area contributed by atoms with Crippen LogP contribution in [0.15, 0.2) is 60.8 Å². The van der Waals surface area contributed by atoms with E-state index in [2.05, 4.69) is 18.0 Å². The second-order valence-electron chi connectivity index (χ2n) is 5.41. The quantitative estimate of drug-likeness (QED) is 0.571. The Morgan fingerprint density at radius 3 is 2.65 bits per heavy atom. The summed E-state index contributed by atoms with van der Waals surface area (Å²) in [4.78, 5) is 15.2. The van der Waals surface area contributed by atoms with Gasteiger partial charge in [0.15, 0.2) is 0 Å². The van der Waals surface area contributed by atoms with Crippen LogP contribution in [0.2, 0.25) is 0 Å². The van der Waals surface area contributed by atoms with Crippen LogP contribution in [0.25, 0.3) is 16.5 Å². The molecule has 0 aliphatic rings. The Kier molecular flexibility index (Phi) is 4.29. The van der Waals surface area contributed by atoms with Crippen molar-refractivity contribution >= 4 is 22.4 Å². The summed E-state index contributed by atoms with van der Waals surface area (Å²) in [6.45, 7) is 4.25. The molecule has 3 heteroatoms. The van der Waals surface area contributed by atoms with Gasteiger partial charge in [-0.25, -0.2) is 4.79 Å². The molecule has 0 unspecified atom stereocenters. The molecule has 116 valence electrons. The Morgan fingerprint density at radius 2 is 1.91 bits per heavy atom. The molecule has 0 saturated carbocycles. The smallest absolute Gasteiger partial charge is 0.331 e. The number of aromatic nitrogens is 1. The molecule has 0 fully saturated rings. The number of carbonyl (C=O) groups excluding carboxylic acids is 1. The first kappa shape index (κ1) is 15.1. The van der Waals surface area contributed by atoms with Crippen LogP contribution in [0.5, 0.6) is 0 Å². The van der Waals surface area contributed by atoms with Crippen LogP contribution in [0.3, 0.4) is 0 Å². The van der Waals surface area contributed by atoms with Gasteiger partial charge in [-0.15, -0.1) is 0 Å². The number of H-pyrrole nitrogens is 1. The highest BCUT2D eigenvalue weighted by atomic mass is 16.5. The van der Waals surface area contributed by atoms with Crippen LogP contribution >= 0.6 is 0 Å². The van der Waals surface area contributed by atoms with Crippen LogP contribution in [0.4, 0.5) is 0 Å². The Morgan fingerprint density at radius 1 is 1.13 bits per heavy atom. The highest BCUT2D eigenvalue weighted by Crippen LogP contribution is 2.27. The van der Waals surface area contributed by atoms with E-state index in [4.69, 9.17) is 4.74 Å². The van der Waals surface area contributed by atoms with Crippen molar-refractivity contribution in [2.75, 3.05) is 6.61 Å². The summed E-state index contributed by atoms with van der Waals surface area (Å²) in [7, 11) is 0. The normalized spacial score (nSPS) is 11.7. The number of benzene rings is 2. The zero-order valence-corrected chi connectivity index (χ0v) is 13.3. The fourth-order valence-electron chi connectivity index (χ4n) is 2.68. The lowest BCUT2D eigenvalue weighted by atomic mass is 9.96. The van der Waals surface area contributed by atoms with E-state index in [9.17, 15) is 4.79 Å². The summed E-state index contributed by atoms with van der Waals surface area (Å²) in [6, 6.07) is 16.1. The number of esters is 1. The van der Waals surface area contributed by atoms with Crippen LogP contribution in [0, 0.1) is 6.92 Å². The molecule has 2 aromatic carbocycles. The van der Waals surface area contributed by atoms with Gasteiger partial charge in [-0.2, -0.15) is 0 Å². The molecular formula is C20H19NO2. The second-order valence-corrected chi connectivity index (χ2v) is 5.41. The van der Waals surface area contributed by atoms with Crippen molar-refractivity contribution in [2.24, 2.45) is 0 Å². The lowest BCUT2D eigenvalue weighted by Crippen LogP contribution is -2.01. The molecule has 0 bridgehead atoms. The molecule has 0 aliphatic heterocycles. The molecule has 0 saturated heterocycles. The molecule has 23 heavy (non-hydrogen) atoms. The van der Waals surface area contributed by atoms with Crippen molar-refractivity contribution in [3.05, 3.63) is 77.5 Å². The lowest BCUT2D eigenvalue weighted by Gasteiger charge is -2.09. The molecule has 0 amide bonds. The summed E-state index contributed by atoms with van der Waals surface area (Å²) in [5, 5.41) is 1.16. The lowest BCUT2D eigenvalue weighted by molar-refractivity contribution is -0.137. The van der Waals surface area contributed by atoms with Crippen molar-refractivity contribution in [2.45, 2.75) is 13.8 Å². The zero-order valence-electron chi connectivity index (χ0n) is 13.3. The number of hydrogen-bond acceptors (Lipinski definition) is 2. The third kappa shape index (κ3) is 3.19. The number of nitrogens with one attached hydrogen (secondary N) is 1. The van der Waals surface area contributed by atoms with Gasteiger partial charge < -0.3 is 9.72 Å². The first-order valence-corrected chi connectivity index (χ1v) is 7.71. The van der Waals surface area contributed by atoms with E-state index in [0.717, 1.165) is 27.6 Å². The van der Waals surface area contributed by atoms with Crippen molar-refractivity contribution in [3.63, 3.8) is 0 Å². The number of aromatic amines is 1. The first-order chi connectivity index (χ1) is 11.2. The minimum atomic E-state index is -0.322. The Bertz CT molecular complexity index is 860. The molecule has 1 N–H and O–H groups in total. The number of hydrogen-bond donors (Lipinski definition) is 1. The minimum absolute atomic E-state index is 0.322. The van der Waals surface area contributed by atoms with Gasteiger partial charge in [0.05, 0.1) is 6.61 Å². The van der Waals surface area contributed by atoms with Gasteiger partial charge in [0.25, 0.3) is 0 Å². The Hall–Kier alpha value is -2.81. The topological polar surface area (TPSA) is 42.1 Å². The van der Waals surface area contributed by atoms with E-state index >= 15 is 0 Å². The number of ether oxygens (including phenoxy) is 1. The third-order valence-electron chi connectivity index (χ3n) is 3.83. The molecule has 0 aliphatic carbocycles. The SMILES string of the molecule is CCOC(=O)C=C(c1ccccc1)c1ccc2[nH]cc(C)c2c1. The number of carbonyl (C=O) groups is 1. The van der Waals surface area contributed by atoms with Gasteiger partial charge in [0.2, 0.25) is 0 Å². The molecule has 3 aromatic rings. The summed E-state index contributed by atoms with van der Waals surface area (Å²) < 4.78 is 5.09. The van der Waals surface area contributed by atoms with Gasteiger partial charge in [-0.05, 0) is 48.2 Å². The van der Waals surface area contributed by atoms with Gasteiger partial charge in [0, 0.05) is 23.2 Å². The van der Waals surface area contributed by atoms with Gasteiger partial charge >= 0.3 is 5.97 Å². The molecular weight excluding hydrogens is 286 g/mol. The Labute approximate surface area is 135 Å². The summed E-state index contributed by atoms with van der Waals surface area (Å²) >= 11 is 0. The number of rotatable bonds is 4. The van der Waals surface area contributed by atoms with Crippen molar-refractivity contribution in [1.29, 1.82) is 0 Å². The fourth-order valence-corrected chi connectivity index (χ4v) is 2.68. The van der Waals surface area contributed by atoms with Gasteiger partial charge in [-0.1, -0.05) is 36.4 Å². The predicted molar refractivity (Wildman–Crippen MR) is 93.2 cm³/mol. The maximum Gasteiger partial charge on any atom is 0.331 e. The van der Waals surface area contributed by atoms with Gasteiger partial charge in [0.1, 0.15) is 0 Å². The molecule has 0 spiro atoms. The van der Waals surface area contributed by atoms with E-state index in [1.54, 1.807) is 6.08 Å². The number of fused-ring (bicyclic) bond motifs is 1. The molecule has 1 aromatic heterocycles. The average molecular weight is 305 g/mol. The summed E-state index contributed by atoms with van der Waals surface area (Å²) in [5.41, 5.74) is 5.14. The van der Waals surface area contributed by atoms with Crippen molar-refractivity contribution < 1.29 is 9.53 Å². The molecule has 0 atom stereocenters. The van der Waals surface area contributed by atoms with E-state index in [1.807, 2.05) is 55.6 Å². The average Bonchev–Trinajstić information content (AvgIpc) is 2.94. The first-order valence-electron chi connectivity index (χ1n) is 7.71. The molecule has 1 heterocycles. The highest BCUT2D eigenvalue weighted by molar-refractivity contribution is 5.98. The minimum Gasteiger partial charge on any atom is -0.463 e. The fraction of sp³-hybridized carbons (Fsp3) is 0.150. The van der Waals surface area contributed by atoms with Crippen molar-refractivity contribution in [1.82, 2.24) is 4.98 Å². The van der Waals surface area contributed by atoms with Crippen LogP contribution in [-0.4, -0.2) is 17.6 Å². The zero-order chi connectivity index (χ0) is 16.2. The van der Waals surface area contributed by atoms with Crippen LogP contribution in [0.1, 0.15) is 23.6 Å². The third-order valence-corrected chi connectivity index (χ3v) is 3.83. The standard InChI is InChI=1S/C20H19NO2/c1-3-23-20(22)12-18(15-7-5-4-6-8-15)16-9-10-19-17(11-16)14(2)13-21-19/h4-13,21H,3H2,1-2H3. The predicted octanol–water partition coefficient (Wildman–Crippen LogP) is 4.47. The Balaban J connectivity index is 2.13. The van der Waals surface area contributed by atoms with E-state index in [0.29, 0.717) is 6.61 Å². The van der Waals surface area contributed by atoms with E-state index in [-0.39, 0.29) is 5.97 Å². The molecule has 3 rings (SSSR count). The second kappa shape index (κ2) is 6.53. The van der Waals surface area contributed by atoms with E-state index in [1.165, 1.54) is 5.56 Å². The van der Waals surface area contributed by atoms with Gasteiger partial charge in [-0.3, -0.25) is 0 Å². The van der Waals surface area contributed by atoms with Crippen LogP contribution < -0.4 is 0 Å². The maximum absolute atomic E-state index is 12.0. The summed E-state index contributed by atoms with van der Waals surface area (Å²) in [5.74, 6) is -0.322. The number of aryl methyl sites for hydroxylation is 1. The largest absolute Gasteiger partial charge is 0.463 e. The molecule has 0 radical (unpaired) electrons. The van der Waals surface area contributed by atoms with E-state index < -0.39 is 0 Å². The highest BCUT2D eigenvalue weighted by Gasteiger charge is 2.10. The van der Waals surface area contributed by atoms with Crippen LogP contribution in [-0.2, 0) is 9.53 Å². The summed E-state index contributed by atoms with van der Waals surface area (Å²) in [6.07, 6.45) is 3.56.